The summed E-state index contributed by atoms with van der Waals surface area (Å²) < 4.78 is 5.42. The van der Waals surface area contributed by atoms with Gasteiger partial charge in [-0.05, 0) is 59.0 Å². The number of aromatic amines is 1. The van der Waals surface area contributed by atoms with E-state index in [1.54, 1.807) is 0 Å². The number of anilines is 1. The molecule has 1 aromatic heterocycles. The predicted molar refractivity (Wildman–Crippen MR) is 125 cm³/mol. The van der Waals surface area contributed by atoms with Crippen LogP contribution in [-0.4, -0.2) is 36.5 Å². The Balaban J connectivity index is 1.21. The van der Waals surface area contributed by atoms with E-state index in [0.29, 0.717) is 0 Å². The van der Waals surface area contributed by atoms with Crippen LogP contribution in [0.3, 0.4) is 0 Å². The van der Waals surface area contributed by atoms with Crippen molar-refractivity contribution < 1.29 is 4.74 Å². The number of morpholine rings is 1. The van der Waals surface area contributed by atoms with Gasteiger partial charge in [-0.1, -0.05) is 54.6 Å². The fraction of sp³-hybridized carbons (Fsp3) is 0.192. The molecule has 2 aromatic carbocycles. The van der Waals surface area contributed by atoms with Crippen LogP contribution in [0, 0.1) is 0 Å². The second-order valence-electron chi connectivity index (χ2n) is 7.67. The first-order valence-electron chi connectivity index (χ1n) is 10.5. The standard InChI is InChI=1S/C26H25N3O/c1-2-22-9-4-21(18-23(22)3-1)6-11-25-19-24(27-28-25)10-5-20-7-12-26(13-8-20)29-14-16-30-17-15-29/h1-2,4-13,18-19H,3,14-17H2,(H,27,28)/b10-5+,11-6+. The Hall–Kier alpha value is -3.37. The molecule has 0 atom stereocenters. The van der Waals surface area contributed by atoms with Crippen LogP contribution >= 0.6 is 0 Å². The van der Waals surface area contributed by atoms with Crippen LogP contribution in [0.2, 0.25) is 0 Å². The molecular formula is C26H25N3O. The van der Waals surface area contributed by atoms with Gasteiger partial charge in [-0.15, -0.1) is 0 Å². The molecule has 2 heterocycles. The lowest BCUT2D eigenvalue weighted by Crippen LogP contribution is -2.36. The van der Waals surface area contributed by atoms with Gasteiger partial charge in [-0.3, -0.25) is 5.10 Å². The normalized spacial score (nSPS) is 16.1. The van der Waals surface area contributed by atoms with Crippen LogP contribution in [0.1, 0.15) is 33.6 Å². The monoisotopic (exact) mass is 395 g/mol. The first kappa shape index (κ1) is 18.6. The van der Waals surface area contributed by atoms with E-state index in [1.807, 2.05) is 0 Å². The molecule has 1 N–H and O–H groups in total. The van der Waals surface area contributed by atoms with Crippen molar-refractivity contribution in [2.45, 2.75) is 6.42 Å². The number of hydrogen-bond acceptors (Lipinski definition) is 3. The number of nitrogens with one attached hydrogen (secondary N) is 1. The van der Waals surface area contributed by atoms with Gasteiger partial charge in [0.1, 0.15) is 0 Å². The molecule has 0 spiro atoms. The summed E-state index contributed by atoms with van der Waals surface area (Å²) in [6.07, 6.45) is 13.8. The number of nitrogens with zero attached hydrogens (tertiary/aromatic N) is 2. The third-order valence-corrected chi connectivity index (χ3v) is 5.59. The molecule has 150 valence electrons. The van der Waals surface area contributed by atoms with Crippen molar-refractivity contribution in [3.63, 3.8) is 0 Å². The lowest BCUT2D eigenvalue weighted by molar-refractivity contribution is 0.122. The zero-order chi connectivity index (χ0) is 20.2. The topological polar surface area (TPSA) is 41.1 Å². The van der Waals surface area contributed by atoms with Crippen molar-refractivity contribution in [3.05, 3.63) is 88.2 Å². The van der Waals surface area contributed by atoms with Gasteiger partial charge < -0.3 is 9.64 Å². The Morgan fingerprint density at radius 2 is 1.67 bits per heavy atom. The summed E-state index contributed by atoms with van der Waals surface area (Å²) in [5.41, 5.74) is 8.27. The molecule has 5 rings (SSSR count). The lowest BCUT2D eigenvalue weighted by atomic mass is 10.1. The number of allylic oxidation sites excluding steroid dienone is 1. The van der Waals surface area contributed by atoms with Gasteiger partial charge >= 0.3 is 0 Å². The highest BCUT2D eigenvalue weighted by Crippen LogP contribution is 2.22. The molecule has 0 radical (unpaired) electrons. The molecule has 30 heavy (non-hydrogen) atoms. The Bertz CT molecular complexity index is 1100. The molecule has 0 saturated carbocycles. The third kappa shape index (κ3) is 4.29. The summed E-state index contributed by atoms with van der Waals surface area (Å²) in [7, 11) is 0. The Morgan fingerprint density at radius 3 is 2.53 bits per heavy atom. The van der Waals surface area contributed by atoms with Crippen molar-refractivity contribution in [3.8, 4) is 0 Å². The van der Waals surface area contributed by atoms with E-state index in [-0.39, 0.29) is 0 Å². The van der Waals surface area contributed by atoms with Crippen molar-refractivity contribution >= 4 is 36.1 Å². The molecule has 0 amide bonds. The van der Waals surface area contributed by atoms with Crippen LogP contribution in [0.4, 0.5) is 5.69 Å². The van der Waals surface area contributed by atoms with E-state index >= 15 is 0 Å². The predicted octanol–water partition coefficient (Wildman–Crippen LogP) is 5.16. The van der Waals surface area contributed by atoms with Gasteiger partial charge in [0.05, 0.1) is 24.6 Å². The molecule has 1 saturated heterocycles. The van der Waals surface area contributed by atoms with Gasteiger partial charge in [0.15, 0.2) is 0 Å². The average molecular weight is 396 g/mol. The zero-order valence-electron chi connectivity index (χ0n) is 16.9. The fourth-order valence-electron chi connectivity index (χ4n) is 3.89. The highest BCUT2D eigenvalue weighted by molar-refractivity contribution is 5.73. The molecule has 0 unspecified atom stereocenters. The number of fused-ring (bicyclic) bond motifs is 1. The molecule has 3 aromatic rings. The number of benzene rings is 2. The molecule has 4 heteroatoms. The van der Waals surface area contributed by atoms with E-state index in [9.17, 15) is 0 Å². The summed E-state index contributed by atoms with van der Waals surface area (Å²) in [5.74, 6) is 0. The van der Waals surface area contributed by atoms with Crippen molar-refractivity contribution in [1.29, 1.82) is 0 Å². The molecule has 4 nitrogen and oxygen atoms in total. The Labute approximate surface area is 177 Å². The van der Waals surface area contributed by atoms with Gasteiger partial charge in [-0.2, -0.15) is 5.10 Å². The maximum Gasteiger partial charge on any atom is 0.0854 e. The van der Waals surface area contributed by atoms with Gasteiger partial charge in [0, 0.05) is 18.8 Å². The number of H-pyrrole nitrogens is 1. The number of aromatic nitrogens is 2. The first-order chi connectivity index (χ1) is 14.8. The average Bonchev–Trinajstić information content (AvgIpc) is 3.46. The molecule has 0 bridgehead atoms. The van der Waals surface area contributed by atoms with E-state index in [4.69, 9.17) is 4.74 Å². The number of hydrogen-bond donors (Lipinski definition) is 1. The lowest BCUT2D eigenvalue weighted by Gasteiger charge is -2.28. The van der Waals surface area contributed by atoms with Gasteiger partial charge in [0.2, 0.25) is 0 Å². The second kappa shape index (κ2) is 8.56. The summed E-state index contributed by atoms with van der Waals surface area (Å²) in [6, 6.07) is 17.3. The third-order valence-electron chi connectivity index (χ3n) is 5.59. The quantitative estimate of drug-likeness (QED) is 0.649. The highest BCUT2D eigenvalue weighted by Gasteiger charge is 2.10. The SMILES string of the molecule is C1=Cc2ccc(/C=C/c3cc(/C=C/c4ccc(N5CCOCC5)cc4)[nH]n3)cc2C1. The second-order valence-corrected chi connectivity index (χ2v) is 7.67. The van der Waals surface area contributed by atoms with Crippen LogP contribution < -0.4 is 4.90 Å². The van der Waals surface area contributed by atoms with E-state index in [0.717, 1.165) is 44.1 Å². The van der Waals surface area contributed by atoms with E-state index in [1.165, 1.54) is 27.9 Å². The fourth-order valence-corrected chi connectivity index (χ4v) is 3.89. The smallest absolute Gasteiger partial charge is 0.0854 e. The summed E-state index contributed by atoms with van der Waals surface area (Å²) in [6.45, 7) is 3.54. The maximum absolute atomic E-state index is 5.42. The zero-order valence-corrected chi connectivity index (χ0v) is 16.9. The van der Waals surface area contributed by atoms with Crippen molar-refractivity contribution in [2.75, 3.05) is 31.2 Å². The largest absolute Gasteiger partial charge is 0.378 e. The van der Waals surface area contributed by atoms with Crippen LogP contribution in [0.5, 0.6) is 0 Å². The molecule has 2 aliphatic rings. The van der Waals surface area contributed by atoms with Crippen molar-refractivity contribution in [2.24, 2.45) is 0 Å². The minimum Gasteiger partial charge on any atom is -0.378 e. The first-order valence-corrected chi connectivity index (χ1v) is 10.5. The highest BCUT2D eigenvalue weighted by atomic mass is 16.5. The molecule has 1 aliphatic heterocycles. The number of rotatable bonds is 5. The van der Waals surface area contributed by atoms with E-state index in [2.05, 4.69) is 100 Å². The minimum atomic E-state index is 0.807. The van der Waals surface area contributed by atoms with Crippen LogP contribution in [0.15, 0.2) is 54.6 Å². The van der Waals surface area contributed by atoms with Gasteiger partial charge in [0.25, 0.3) is 0 Å². The van der Waals surface area contributed by atoms with Gasteiger partial charge in [-0.25, -0.2) is 0 Å². The minimum absolute atomic E-state index is 0.807. The summed E-state index contributed by atoms with van der Waals surface area (Å²) in [5, 5.41) is 7.49. The number of ether oxygens (including phenoxy) is 1. The Kier molecular flexibility index (Phi) is 5.32. The van der Waals surface area contributed by atoms with E-state index < -0.39 is 0 Å². The van der Waals surface area contributed by atoms with Crippen LogP contribution in [0.25, 0.3) is 30.4 Å². The van der Waals surface area contributed by atoms with Crippen LogP contribution in [-0.2, 0) is 11.2 Å². The maximum atomic E-state index is 5.42. The Morgan fingerprint density at radius 1 is 0.867 bits per heavy atom. The molecule has 1 aliphatic carbocycles. The van der Waals surface area contributed by atoms with Crippen molar-refractivity contribution in [1.82, 2.24) is 10.2 Å². The molecule has 1 fully saturated rings. The summed E-state index contributed by atoms with van der Waals surface area (Å²) in [4.78, 5) is 2.36. The summed E-state index contributed by atoms with van der Waals surface area (Å²) >= 11 is 0. The molecular weight excluding hydrogens is 370 g/mol.